The number of nitrogens with zero attached hydrogens (tertiary/aromatic N) is 1. The molecule has 0 unspecified atom stereocenters. The zero-order valence-electron chi connectivity index (χ0n) is 11.2. The maximum absolute atomic E-state index is 11.9. The Morgan fingerprint density at radius 2 is 2.16 bits per heavy atom. The van der Waals surface area contributed by atoms with E-state index >= 15 is 0 Å². The van der Waals surface area contributed by atoms with Crippen LogP contribution in [0.3, 0.4) is 0 Å². The average Bonchev–Trinajstić information content (AvgIpc) is 2.94. The van der Waals surface area contributed by atoms with E-state index in [9.17, 15) is 9.59 Å². The highest BCUT2D eigenvalue weighted by Crippen LogP contribution is 2.14. The molecule has 104 valence electrons. The Hall–Kier alpha value is -1.36. The van der Waals surface area contributed by atoms with Gasteiger partial charge in [-0.05, 0) is 30.7 Å². The first-order chi connectivity index (χ1) is 9.20. The van der Waals surface area contributed by atoms with Crippen molar-refractivity contribution in [2.75, 3.05) is 13.1 Å². The van der Waals surface area contributed by atoms with E-state index in [1.54, 1.807) is 0 Å². The zero-order valence-corrected chi connectivity index (χ0v) is 12.0. The van der Waals surface area contributed by atoms with Crippen molar-refractivity contribution in [1.29, 1.82) is 0 Å². The van der Waals surface area contributed by atoms with E-state index in [0.29, 0.717) is 6.42 Å². The van der Waals surface area contributed by atoms with Crippen LogP contribution in [-0.2, 0) is 4.79 Å². The van der Waals surface area contributed by atoms with Crippen molar-refractivity contribution < 1.29 is 9.59 Å². The number of likely N-dealkylation sites (tertiary alicyclic amines) is 1. The largest absolute Gasteiger partial charge is 0.348 e. The van der Waals surface area contributed by atoms with Gasteiger partial charge in [-0.1, -0.05) is 13.0 Å². The second-order valence-electron chi connectivity index (χ2n) is 4.86. The molecule has 0 radical (unpaired) electrons. The highest BCUT2D eigenvalue weighted by Gasteiger charge is 2.23. The summed E-state index contributed by atoms with van der Waals surface area (Å²) in [7, 11) is 0. The van der Waals surface area contributed by atoms with E-state index in [1.165, 1.54) is 11.3 Å². The molecule has 1 aliphatic heterocycles. The van der Waals surface area contributed by atoms with Crippen LogP contribution in [0.15, 0.2) is 17.5 Å². The van der Waals surface area contributed by atoms with E-state index < -0.39 is 0 Å². The standard InChI is InChI=1S/C14H20N2O2S/c1-2-4-13(17)16-8-6-11(7-9-16)15-14(18)12-5-3-10-19-12/h3,5,10-11H,2,4,6-9H2,1H3,(H,15,18). The third kappa shape index (κ3) is 3.80. The highest BCUT2D eigenvalue weighted by atomic mass is 32.1. The molecule has 1 aromatic rings. The molecular weight excluding hydrogens is 260 g/mol. The van der Waals surface area contributed by atoms with Gasteiger partial charge in [0.15, 0.2) is 0 Å². The smallest absolute Gasteiger partial charge is 0.261 e. The average molecular weight is 280 g/mol. The summed E-state index contributed by atoms with van der Waals surface area (Å²) < 4.78 is 0. The molecule has 1 aliphatic rings. The first kappa shape index (κ1) is 14.1. The molecule has 2 rings (SSSR count). The first-order valence-electron chi connectivity index (χ1n) is 6.83. The van der Waals surface area contributed by atoms with Gasteiger partial charge < -0.3 is 10.2 Å². The summed E-state index contributed by atoms with van der Waals surface area (Å²) in [5.41, 5.74) is 0. The summed E-state index contributed by atoms with van der Waals surface area (Å²) in [4.78, 5) is 26.3. The van der Waals surface area contributed by atoms with Gasteiger partial charge in [-0.3, -0.25) is 9.59 Å². The van der Waals surface area contributed by atoms with Crippen LogP contribution in [0.1, 0.15) is 42.3 Å². The van der Waals surface area contributed by atoms with Crippen molar-refractivity contribution in [1.82, 2.24) is 10.2 Å². The third-order valence-electron chi connectivity index (χ3n) is 3.39. The number of piperidine rings is 1. The van der Waals surface area contributed by atoms with Crippen LogP contribution >= 0.6 is 11.3 Å². The lowest BCUT2D eigenvalue weighted by molar-refractivity contribution is -0.132. The lowest BCUT2D eigenvalue weighted by atomic mass is 10.0. The fourth-order valence-electron chi connectivity index (χ4n) is 2.31. The lowest BCUT2D eigenvalue weighted by Crippen LogP contribution is -2.46. The predicted molar refractivity (Wildman–Crippen MR) is 76.3 cm³/mol. The Kier molecular flexibility index (Phi) is 4.96. The Morgan fingerprint density at radius 3 is 2.74 bits per heavy atom. The Labute approximate surface area is 117 Å². The molecule has 0 aromatic carbocycles. The normalized spacial score (nSPS) is 16.4. The van der Waals surface area contributed by atoms with Crippen molar-refractivity contribution in [2.24, 2.45) is 0 Å². The second-order valence-corrected chi connectivity index (χ2v) is 5.80. The predicted octanol–water partition coefficient (Wildman–Crippen LogP) is 2.27. The van der Waals surface area contributed by atoms with Gasteiger partial charge in [0.05, 0.1) is 4.88 Å². The van der Waals surface area contributed by atoms with Gasteiger partial charge in [0.25, 0.3) is 5.91 Å². The van der Waals surface area contributed by atoms with Crippen LogP contribution in [0.4, 0.5) is 0 Å². The summed E-state index contributed by atoms with van der Waals surface area (Å²) in [6.07, 6.45) is 3.24. The molecule has 1 N–H and O–H groups in total. The molecule has 0 saturated carbocycles. The van der Waals surface area contributed by atoms with Crippen LogP contribution < -0.4 is 5.32 Å². The van der Waals surface area contributed by atoms with E-state index in [2.05, 4.69) is 5.32 Å². The Morgan fingerprint density at radius 1 is 1.42 bits per heavy atom. The summed E-state index contributed by atoms with van der Waals surface area (Å²) in [6, 6.07) is 3.91. The van der Waals surface area contributed by atoms with Crippen molar-refractivity contribution in [2.45, 2.75) is 38.6 Å². The molecule has 0 bridgehead atoms. The number of hydrogen-bond acceptors (Lipinski definition) is 3. The number of nitrogens with one attached hydrogen (secondary N) is 1. The molecule has 5 heteroatoms. The van der Waals surface area contributed by atoms with Gasteiger partial charge >= 0.3 is 0 Å². The van der Waals surface area contributed by atoms with Crippen LogP contribution in [0.2, 0.25) is 0 Å². The van der Waals surface area contributed by atoms with Crippen molar-refractivity contribution in [3.8, 4) is 0 Å². The highest BCUT2D eigenvalue weighted by molar-refractivity contribution is 7.12. The van der Waals surface area contributed by atoms with Gasteiger partial charge in [-0.2, -0.15) is 0 Å². The molecule has 1 fully saturated rings. The molecule has 19 heavy (non-hydrogen) atoms. The Balaban J connectivity index is 1.77. The molecule has 0 aliphatic carbocycles. The van der Waals surface area contributed by atoms with Crippen molar-refractivity contribution in [3.05, 3.63) is 22.4 Å². The van der Waals surface area contributed by atoms with Crippen molar-refractivity contribution >= 4 is 23.2 Å². The number of rotatable bonds is 4. The van der Waals surface area contributed by atoms with E-state index in [-0.39, 0.29) is 17.9 Å². The van der Waals surface area contributed by atoms with Gasteiger partial charge in [-0.15, -0.1) is 11.3 Å². The first-order valence-corrected chi connectivity index (χ1v) is 7.70. The molecule has 2 amide bonds. The quantitative estimate of drug-likeness (QED) is 0.919. The maximum atomic E-state index is 11.9. The fraction of sp³-hybridized carbons (Fsp3) is 0.571. The molecule has 2 heterocycles. The molecule has 1 aromatic heterocycles. The van der Waals surface area contributed by atoms with Crippen molar-refractivity contribution in [3.63, 3.8) is 0 Å². The number of carbonyl (C=O) groups is 2. The summed E-state index contributed by atoms with van der Waals surface area (Å²) >= 11 is 1.46. The molecular formula is C14H20N2O2S. The van der Waals surface area contributed by atoms with Crippen LogP contribution in [0.25, 0.3) is 0 Å². The molecule has 0 atom stereocenters. The van der Waals surface area contributed by atoms with Gasteiger partial charge in [0.1, 0.15) is 0 Å². The fourth-order valence-corrected chi connectivity index (χ4v) is 2.94. The van der Waals surface area contributed by atoms with E-state index in [0.717, 1.165) is 37.2 Å². The molecule has 0 spiro atoms. The minimum absolute atomic E-state index is 0.00772. The molecule has 4 nitrogen and oxygen atoms in total. The van der Waals surface area contributed by atoms with Crippen LogP contribution in [-0.4, -0.2) is 35.8 Å². The molecule has 1 saturated heterocycles. The topological polar surface area (TPSA) is 49.4 Å². The number of hydrogen-bond donors (Lipinski definition) is 1. The van der Waals surface area contributed by atoms with E-state index in [4.69, 9.17) is 0 Å². The lowest BCUT2D eigenvalue weighted by Gasteiger charge is -2.32. The third-order valence-corrected chi connectivity index (χ3v) is 4.26. The van der Waals surface area contributed by atoms with Gasteiger partial charge in [-0.25, -0.2) is 0 Å². The monoisotopic (exact) mass is 280 g/mol. The number of amides is 2. The minimum Gasteiger partial charge on any atom is -0.348 e. The van der Waals surface area contributed by atoms with Gasteiger partial charge in [0.2, 0.25) is 5.91 Å². The maximum Gasteiger partial charge on any atom is 0.261 e. The SMILES string of the molecule is CCCC(=O)N1CCC(NC(=O)c2cccs2)CC1. The van der Waals surface area contributed by atoms with E-state index in [1.807, 2.05) is 29.3 Å². The Bertz CT molecular complexity index is 423. The van der Waals surface area contributed by atoms with Gasteiger partial charge in [0, 0.05) is 25.6 Å². The zero-order chi connectivity index (χ0) is 13.7. The number of carbonyl (C=O) groups excluding carboxylic acids is 2. The summed E-state index contributed by atoms with van der Waals surface area (Å²) in [6.45, 7) is 3.54. The minimum atomic E-state index is 0.00772. The summed E-state index contributed by atoms with van der Waals surface area (Å²) in [5, 5.41) is 4.95. The summed E-state index contributed by atoms with van der Waals surface area (Å²) in [5.74, 6) is 0.249. The van der Waals surface area contributed by atoms with Crippen LogP contribution in [0.5, 0.6) is 0 Å². The second kappa shape index (κ2) is 6.70. The number of thiophene rings is 1. The van der Waals surface area contributed by atoms with Crippen LogP contribution in [0, 0.1) is 0 Å².